The van der Waals surface area contributed by atoms with Crippen LogP contribution in [0, 0.1) is 0 Å². The Morgan fingerprint density at radius 2 is 2.33 bits per heavy atom. The molecule has 80 valence electrons. The highest BCUT2D eigenvalue weighted by Crippen LogP contribution is 2.15. The minimum atomic E-state index is -0.897. The van der Waals surface area contributed by atoms with E-state index < -0.39 is 5.97 Å². The number of nitrogens with zero attached hydrogens (tertiary/aromatic N) is 1. The van der Waals surface area contributed by atoms with Crippen molar-refractivity contribution in [3.8, 4) is 0 Å². The lowest BCUT2D eigenvalue weighted by Crippen LogP contribution is -2.22. The van der Waals surface area contributed by atoms with Crippen molar-refractivity contribution in [1.29, 1.82) is 0 Å². The van der Waals surface area contributed by atoms with Gasteiger partial charge in [-0.05, 0) is 25.1 Å². The third-order valence-electron chi connectivity index (χ3n) is 2.19. The van der Waals surface area contributed by atoms with Crippen molar-refractivity contribution < 1.29 is 9.90 Å². The van der Waals surface area contributed by atoms with Gasteiger partial charge in [-0.2, -0.15) is 0 Å². The molecule has 0 aromatic heterocycles. The number of benzene rings is 1. The van der Waals surface area contributed by atoms with E-state index in [-0.39, 0.29) is 0 Å². The topological polar surface area (TPSA) is 40.5 Å². The molecule has 1 N–H and O–H groups in total. The number of hydrogen-bond acceptors (Lipinski definition) is 2. The first kappa shape index (κ1) is 11.3. The summed E-state index contributed by atoms with van der Waals surface area (Å²) in [5.41, 5.74) is 1.23. The molecule has 3 heteroatoms. The van der Waals surface area contributed by atoms with Crippen molar-refractivity contribution >= 4 is 11.7 Å². The molecule has 0 radical (unpaired) electrons. The Labute approximate surface area is 89.6 Å². The molecular weight excluding hydrogens is 190 g/mol. The van der Waals surface area contributed by atoms with E-state index in [9.17, 15) is 4.79 Å². The van der Waals surface area contributed by atoms with Crippen molar-refractivity contribution in [1.82, 2.24) is 0 Å². The second-order valence-electron chi connectivity index (χ2n) is 3.18. The lowest BCUT2D eigenvalue weighted by atomic mass is 10.2. The Morgan fingerprint density at radius 3 is 2.87 bits per heavy atom. The van der Waals surface area contributed by atoms with Gasteiger partial charge in [-0.15, -0.1) is 6.58 Å². The first-order valence-corrected chi connectivity index (χ1v) is 4.88. The normalized spacial score (nSPS) is 9.67. The molecule has 0 aliphatic carbocycles. The van der Waals surface area contributed by atoms with Crippen LogP contribution < -0.4 is 4.90 Å². The van der Waals surface area contributed by atoms with Gasteiger partial charge in [0.05, 0.1) is 5.56 Å². The zero-order valence-corrected chi connectivity index (χ0v) is 8.81. The van der Waals surface area contributed by atoms with Gasteiger partial charge in [-0.1, -0.05) is 12.1 Å². The smallest absolute Gasteiger partial charge is 0.335 e. The fraction of sp³-hybridized carbons (Fsp3) is 0.250. The van der Waals surface area contributed by atoms with E-state index in [4.69, 9.17) is 5.11 Å². The Morgan fingerprint density at radius 1 is 1.60 bits per heavy atom. The lowest BCUT2D eigenvalue weighted by Gasteiger charge is -2.21. The molecule has 0 heterocycles. The molecule has 0 aliphatic heterocycles. The van der Waals surface area contributed by atoms with Crippen LogP contribution in [0.2, 0.25) is 0 Å². The fourth-order valence-electron chi connectivity index (χ4n) is 1.41. The molecule has 0 saturated carbocycles. The number of rotatable bonds is 5. The predicted molar refractivity (Wildman–Crippen MR) is 61.5 cm³/mol. The Balaban J connectivity index is 2.97. The van der Waals surface area contributed by atoms with E-state index in [1.807, 2.05) is 13.0 Å². The van der Waals surface area contributed by atoms with Crippen molar-refractivity contribution in [3.63, 3.8) is 0 Å². The number of carboxylic acids is 1. The summed E-state index contributed by atoms with van der Waals surface area (Å²) in [5, 5.41) is 8.85. The quantitative estimate of drug-likeness (QED) is 0.750. The van der Waals surface area contributed by atoms with Gasteiger partial charge in [-0.3, -0.25) is 0 Å². The summed E-state index contributed by atoms with van der Waals surface area (Å²) in [4.78, 5) is 12.8. The van der Waals surface area contributed by atoms with E-state index in [0.717, 1.165) is 18.8 Å². The molecule has 0 unspecified atom stereocenters. The molecule has 1 aromatic rings. The first-order valence-electron chi connectivity index (χ1n) is 4.88. The summed E-state index contributed by atoms with van der Waals surface area (Å²) in [6, 6.07) is 6.92. The third kappa shape index (κ3) is 2.84. The van der Waals surface area contributed by atoms with Crippen LogP contribution in [0.3, 0.4) is 0 Å². The highest BCUT2D eigenvalue weighted by Gasteiger charge is 2.06. The Bertz CT molecular complexity index is 360. The van der Waals surface area contributed by atoms with Crippen LogP contribution in [-0.2, 0) is 0 Å². The minimum Gasteiger partial charge on any atom is -0.478 e. The minimum absolute atomic E-state index is 0.315. The van der Waals surface area contributed by atoms with E-state index in [1.54, 1.807) is 24.3 Å². The maximum absolute atomic E-state index is 10.8. The molecule has 0 saturated heterocycles. The lowest BCUT2D eigenvalue weighted by molar-refractivity contribution is 0.0697. The number of anilines is 1. The van der Waals surface area contributed by atoms with Gasteiger partial charge in [0.15, 0.2) is 0 Å². The number of aromatic carboxylic acids is 1. The standard InChI is InChI=1S/C12H15NO2/c1-3-8-13(4-2)11-7-5-6-10(9-11)12(14)15/h3,5-7,9H,1,4,8H2,2H3,(H,14,15). The highest BCUT2D eigenvalue weighted by molar-refractivity contribution is 5.88. The van der Waals surface area contributed by atoms with E-state index in [0.29, 0.717) is 5.56 Å². The van der Waals surface area contributed by atoms with Crippen molar-refractivity contribution in [2.24, 2.45) is 0 Å². The largest absolute Gasteiger partial charge is 0.478 e. The molecule has 15 heavy (non-hydrogen) atoms. The molecule has 0 bridgehead atoms. The zero-order valence-electron chi connectivity index (χ0n) is 8.81. The summed E-state index contributed by atoms with van der Waals surface area (Å²) in [7, 11) is 0. The molecule has 0 spiro atoms. The van der Waals surface area contributed by atoms with Crippen LogP contribution in [0.4, 0.5) is 5.69 Å². The van der Waals surface area contributed by atoms with E-state index in [2.05, 4.69) is 11.5 Å². The molecule has 1 rings (SSSR count). The molecule has 0 atom stereocenters. The monoisotopic (exact) mass is 205 g/mol. The second kappa shape index (κ2) is 5.20. The van der Waals surface area contributed by atoms with Crippen LogP contribution in [0.15, 0.2) is 36.9 Å². The average Bonchev–Trinajstić information content (AvgIpc) is 2.26. The van der Waals surface area contributed by atoms with E-state index in [1.165, 1.54) is 0 Å². The molecule has 0 amide bonds. The summed E-state index contributed by atoms with van der Waals surface area (Å²) in [6.45, 7) is 7.25. The summed E-state index contributed by atoms with van der Waals surface area (Å²) >= 11 is 0. The number of hydrogen-bond donors (Lipinski definition) is 1. The fourth-order valence-corrected chi connectivity index (χ4v) is 1.41. The van der Waals surface area contributed by atoms with Gasteiger partial charge < -0.3 is 10.0 Å². The molecular formula is C12H15NO2. The van der Waals surface area contributed by atoms with Crippen molar-refractivity contribution in [2.75, 3.05) is 18.0 Å². The molecule has 0 fully saturated rings. The van der Waals surface area contributed by atoms with Crippen LogP contribution in [0.25, 0.3) is 0 Å². The van der Waals surface area contributed by atoms with E-state index >= 15 is 0 Å². The Kier molecular flexibility index (Phi) is 3.92. The van der Waals surface area contributed by atoms with Gasteiger partial charge in [0, 0.05) is 18.8 Å². The van der Waals surface area contributed by atoms with Crippen LogP contribution >= 0.6 is 0 Å². The van der Waals surface area contributed by atoms with Crippen LogP contribution in [0.5, 0.6) is 0 Å². The van der Waals surface area contributed by atoms with Gasteiger partial charge in [-0.25, -0.2) is 4.79 Å². The molecule has 1 aromatic carbocycles. The number of carboxylic acid groups (broad SMARTS) is 1. The van der Waals surface area contributed by atoms with Gasteiger partial charge in [0.25, 0.3) is 0 Å². The second-order valence-corrected chi connectivity index (χ2v) is 3.18. The summed E-state index contributed by atoms with van der Waals surface area (Å²) in [5.74, 6) is -0.897. The number of likely N-dealkylation sites (N-methyl/N-ethyl adjacent to an activating group) is 1. The maximum atomic E-state index is 10.8. The Hall–Kier alpha value is -1.77. The number of carbonyl (C=O) groups is 1. The highest BCUT2D eigenvalue weighted by atomic mass is 16.4. The van der Waals surface area contributed by atoms with Crippen molar-refractivity contribution in [3.05, 3.63) is 42.5 Å². The zero-order chi connectivity index (χ0) is 11.3. The molecule has 3 nitrogen and oxygen atoms in total. The predicted octanol–water partition coefficient (Wildman–Crippen LogP) is 2.40. The maximum Gasteiger partial charge on any atom is 0.335 e. The van der Waals surface area contributed by atoms with Gasteiger partial charge in [0.2, 0.25) is 0 Å². The first-order chi connectivity index (χ1) is 7.19. The van der Waals surface area contributed by atoms with Crippen LogP contribution in [0.1, 0.15) is 17.3 Å². The third-order valence-corrected chi connectivity index (χ3v) is 2.19. The summed E-state index contributed by atoms with van der Waals surface area (Å²) in [6.07, 6.45) is 1.80. The van der Waals surface area contributed by atoms with Gasteiger partial charge in [0.1, 0.15) is 0 Å². The average molecular weight is 205 g/mol. The van der Waals surface area contributed by atoms with Crippen molar-refractivity contribution in [2.45, 2.75) is 6.92 Å². The van der Waals surface area contributed by atoms with Gasteiger partial charge >= 0.3 is 5.97 Å². The molecule has 0 aliphatic rings. The summed E-state index contributed by atoms with van der Waals surface area (Å²) < 4.78 is 0. The van der Waals surface area contributed by atoms with Crippen LogP contribution in [-0.4, -0.2) is 24.2 Å². The SMILES string of the molecule is C=CCN(CC)c1cccc(C(=O)O)c1.